The smallest absolute Gasteiger partial charge is 0.203 e. The summed E-state index contributed by atoms with van der Waals surface area (Å²) in [5, 5.41) is 20.1. The molecule has 0 aliphatic rings. The normalized spacial score (nSPS) is 9.72. The molecule has 2 radical (unpaired) electrons. The van der Waals surface area contributed by atoms with Crippen LogP contribution in [0.4, 0.5) is 5.69 Å². The maximum atomic E-state index is 11.4. The van der Waals surface area contributed by atoms with E-state index < -0.39 is 0 Å². The molecule has 2 aromatic rings. The number of nitriles is 1. The van der Waals surface area contributed by atoms with Crippen molar-refractivity contribution in [3.8, 4) is 11.8 Å². The number of hydrogen-bond acceptors (Lipinski definition) is 2. The molecule has 0 unspecified atom stereocenters. The maximum absolute atomic E-state index is 11.4. The van der Waals surface area contributed by atoms with E-state index in [0.29, 0.717) is 11.1 Å². The van der Waals surface area contributed by atoms with E-state index in [2.05, 4.69) is 4.99 Å². The third-order valence-corrected chi connectivity index (χ3v) is 2.33. The van der Waals surface area contributed by atoms with Crippen LogP contribution < -0.4 is 10.1 Å². The number of rotatable bonds is 2. The van der Waals surface area contributed by atoms with Crippen LogP contribution in [0.2, 0.25) is 0 Å². The van der Waals surface area contributed by atoms with Crippen molar-refractivity contribution in [2.45, 2.75) is 0 Å². The van der Waals surface area contributed by atoms with Crippen LogP contribution in [0.1, 0.15) is 11.1 Å². The van der Waals surface area contributed by atoms with Gasteiger partial charge in [0.15, 0.2) is 6.21 Å². The van der Waals surface area contributed by atoms with Crippen molar-refractivity contribution in [2.75, 3.05) is 0 Å². The van der Waals surface area contributed by atoms with Gasteiger partial charge in [-0.2, -0.15) is 5.26 Å². The SMILES string of the molecule is N#Cc1ccc([NH+]=Cc2ccccc2[O-])cc1.[Li-]. The third-order valence-electron chi connectivity index (χ3n) is 2.33. The molecular formula is C14H10LiN2O-. The molecule has 2 rings (SSSR count). The Morgan fingerprint density at radius 2 is 1.72 bits per heavy atom. The summed E-state index contributed by atoms with van der Waals surface area (Å²) < 4.78 is 0. The average Bonchev–Trinajstić information content (AvgIpc) is 2.38. The summed E-state index contributed by atoms with van der Waals surface area (Å²) in [7, 11) is 0. The third kappa shape index (κ3) is 3.50. The van der Waals surface area contributed by atoms with Gasteiger partial charge in [-0.05, 0) is 18.2 Å². The molecule has 0 aliphatic heterocycles. The Kier molecular flexibility index (Phi) is 5.21. The van der Waals surface area contributed by atoms with Gasteiger partial charge in [0.2, 0.25) is 5.69 Å². The minimum atomic E-state index is -0.0198. The number of nitrogens with zero attached hydrogens (tertiary/aromatic N) is 1. The fourth-order valence-electron chi connectivity index (χ4n) is 1.40. The topological polar surface area (TPSA) is 60.8 Å². The van der Waals surface area contributed by atoms with E-state index in [-0.39, 0.29) is 24.6 Å². The predicted molar refractivity (Wildman–Crippen MR) is 68.6 cm³/mol. The molecule has 0 spiro atoms. The number of benzene rings is 2. The Morgan fingerprint density at radius 3 is 2.33 bits per heavy atom. The van der Waals surface area contributed by atoms with Crippen molar-refractivity contribution < 1.29 is 10.1 Å². The molecule has 0 aliphatic carbocycles. The van der Waals surface area contributed by atoms with Crippen LogP contribution in [0.3, 0.4) is 0 Å². The molecule has 1 N–H and O–H groups in total. The van der Waals surface area contributed by atoms with Gasteiger partial charge in [0, 0.05) is 17.7 Å². The van der Waals surface area contributed by atoms with Gasteiger partial charge < -0.3 is 24.0 Å². The molecule has 0 aromatic heterocycles. The molecule has 2 aromatic carbocycles. The van der Waals surface area contributed by atoms with E-state index in [1.54, 1.807) is 42.6 Å². The van der Waals surface area contributed by atoms with E-state index >= 15 is 0 Å². The first-order valence-corrected chi connectivity index (χ1v) is 5.15. The van der Waals surface area contributed by atoms with E-state index in [4.69, 9.17) is 5.26 Å². The van der Waals surface area contributed by atoms with Crippen molar-refractivity contribution >= 4 is 30.8 Å². The molecule has 0 heterocycles. The second-order valence-electron chi connectivity index (χ2n) is 3.52. The van der Waals surface area contributed by atoms with Crippen LogP contribution >= 0.6 is 0 Å². The van der Waals surface area contributed by atoms with E-state index in [1.165, 1.54) is 6.07 Å². The summed E-state index contributed by atoms with van der Waals surface area (Å²) in [5.74, 6) is -0.0198. The fraction of sp³-hybridized carbons (Fsp3) is 0. The van der Waals surface area contributed by atoms with Crippen LogP contribution in [0.25, 0.3) is 0 Å². The van der Waals surface area contributed by atoms with Crippen molar-refractivity contribution in [3.63, 3.8) is 0 Å². The molecule has 0 atom stereocenters. The molecule has 0 fully saturated rings. The summed E-state index contributed by atoms with van der Waals surface area (Å²) >= 11 is 0. The van der Waals surface area contributed by atoms with Gasteiger partial charge >= 0.3 is 0 Å². The standard InChI is InChI=1S/C14H10N2O.Li/c15-9-11-5-7-13(8-6-11)16-10-12-3-1-2-4-14(12)17;/h1-8,10,17H;/q;-1. The largest absolute Gasteiger partial charge is 1.00 e. The molecule has 3 nitrogen and oxygen atoms in total. The van der Waals surface area contributed by atoms with Gasteiger partial charge in [-0.1, -0.05) is 23.9 Å². The van der Waals surface area contributed by atoms with Gasteiger partial charge in [-0.15, -0.1) is 0 Å². The second-order valence-corrected chi connectivity index (χ2v) is 3.52. The zero-order chi connectivity index (χ0) is 12.1. The molecule has 0 bridgehead atoms. The number of para-hydroxylation sites is 1. The Labute approximate surface area is 118 Å². The monoisotopic (exact) mass is 229 g/mol. The first-order chi connectivity index (χ1) is 8.29. The van der Waals surface area contributed by atoms with Crippen molar-refractivity contribution in [1.82, 2.24) is 0 Å². The van der Waals surface area contributed by atoms with Crippen LogP contribution in [0.15, 0.2) is 48.5 Å². The Balaban J connectivity index is 0.00000162. The first kappa shape index (κ1) is 14.1. The minimum absolute atomic E-state index is 0. The zero-order valence-electron chi connectivity index (χ0n) is 10.1. The summed E-state index contributed by atoms with van der Waals surface area (Å²) in [6.45, 7) is 0. The van der Waals surface area contributed by atoms with Crippen LogP contribution in [0, 0.1) is 11.3 Å². The summed E-state index contributed by atoms with van der Waals surface area (Å²) in [4.78, 5) is 3.02. The van der Waals surface area contributed by atoms with Gasteiger partial charge in [0.1, 0.15) is 0 Å². The fourth-order valence-corrected chi connectivity index (χ4v) is 1.40. The van der Waals surface area contributed by atoms with Crippen LogP contribution in [-0.4, -0.2) is 25.1 Å². The van der Waals surface area contributed by atoms with E-state index in [1.807, 2.05) is 12.1 Å². The Bertz CT molecular complexity index is 585. The van der Waals surface area contributed by atoms with Crippen LogP contribution in [-0.2, 0) is 0 Å². The minimum Gasteiger partial charge on any atom is -1.00 e. The van der Waals surface area contributed by atoms with E-state index in [9.17, 15) is 5.11 Å². The van der Waals surface area contributed by atoms with Crippen LogP contribution in [0.5, 0.6) is 5.75 Å². The van der Waals surface area contributed by atoms with Crippen molar-refractivity contribution in [3.05, 3.63) is 59.7 Å². The zero-order valence-corrected chi connectivity index (χ0v) is 10.1. The summed E-state index contributed by atoms with van der Waals surface area (Å²) in [6.07, 6.45) is 1.66. The number of nitrogens with one attached hydrogen (secondary N) is 1. The quantitative estimate of drug-likeness (QED) is 0.585. The molecule has 0 amide bonds. The molecule has 0 saturated heterocycles. The van der Waals surface area contributed by atoms with Gasteiger partial charge in [0.25, 0.3) is 0 Å². The first-order valence-electron chi connectivity index (χ1n) is 5.15. The molecular weight excluding hydrogens is 219 g/mol. The summed E-state index contributed by atoms with van der Waals surface area (Å²) in [5.41, 5.74) is 2.06. The average molecular weight is 229 g/mol. The molecule has 84 valence electrons. The molecule has 0 saturated carbocycles. The van der Waals surface area contributed by atoms with Gasteiger partial charge in [0.05, 0.1) is 11.6 Å². The van der Waals surface area contributed by atoms with Crippen molar-refractivity contribution in [2.24, 2.45) is 0 Å². The van der Waals surface area contributed by atoms with Gasteiger partial charge in [-0.3, -0.25) is 0 Å². The maximum Gasteiger partial charge on any atom is 0.203 e. The Hall–Kier alpha value is -2.00. The Morgan fingerprint density at radius 1 is 1.06 bits per heavy atom. The molecule has 4 heteroatoms. The number of hydrogen-bond donors (Lipinski definition) is 1. The van der Waals surface area contributed by atoms with Gasteiger partial charge in [-0.25, -0.2) is 4.99 Å². The van der Waals surface area contributed by atoms with Crippen molar-refractivity contribution in [1.29, 1.82) is 5.26 Å². The van der Waals surface area contributed by atoms with E-state index in [0.717, 1.165) is 5.69 Å². The second kappa shape index (κ2) is 6.66. The molecule has 18 heavy (non-hydrogen) atoms. The predicted octanol–water partition coefficient (Wildman–Crippen LogP) is 0.0823. The summed E-state index contributed by atoms with van der Waals surface area (Å²) in [6, 6.07) is 15.9.